The molecule has 6 heteroatoms. The van der Waals surface area contributed by atoms with Crippen molar-refractivity contribution in [3.63, 3.8) is 0 Å². The Morgan fingerprint density at radius 3 is 2.21 bits per heavy atom. The molecule has 0 atom stereocenters. The summed E-state index contributed by atoms with van der Waals surface area (Å²) in [5, 5.41) is 5.66. The number of pyridine rings is 1. The predicted molar refractivity (Wildman–Crippen MR) is 111 cm³/mol. The van der Waals surface area contributed by atoms with E-state index in [0.29, 0.717) is 28.6 Å². The van der Waals surface area contributed by atoms with Crippen LogP contribution in [0.4, 0.5) is 11.4 Å². The zero-order chi connectivity index (χ0) is 20.2. The lowest BCUT2D eigenvalue weighted by Gasteiger charge is -2.08. The first kappa shape index (κ1) is 18.7. The summed E-state index contributed by atoms with van der Waals surface area (Å²) in [6.45, 7) is 2.01. The Morgan fingerprint density at radius 1 is 0.897 bits per heavy atom. The molecule has 0 aliphatic heterocycles. The number of hydrogen-bond acceptors (Lipinski definition) is 4. The van der Waals surface area contributed by atoms with Crippen LogP contribution in [0.5, 0.6) is 11.6 Å². The van der Waals surface area contributed by atoms with Crippen LogP contribution < -0.4 is 15.4 Å². The minimum atomic E-state index is -0.251. The van der Waals surface area contributed by atoms with Gasteiger partial charge in [0.2, 0.25) is 11.8 Å². The maximum Gasteiger partial charge on any atom is 0.255 e. The molecule has 0 saturated heterocycles. The topological polar surface area (TPSA) is 80.3 Å². The quantitative estimate of drug-likeness (QED) is 0.638. The van der Waals surface area contributed by atoms with Gasteiger partial charge in [0, 0.05) is 23.2 Å². The van der Waals surface area contributed by atoms with Crippen molar-refractivity contribution < 1.29 is 14.3 Å². The van der Waals surface area contributed by atoms with Crippen molar-refractivity contribution in [3.8, 4) is 11.6 Å². The van der Waals surface area contributed by atoms with Crippen molar-refractivity contribution in [2.24, 2.45) is 5.92 Å². The van der Waals surface area contributed by atoms with Crippen molar-refractivity contribution in [3.05, 3.63) is 78.0 Å². The first-order valence-electron chi connectivity index (χ1n) is 9.50. The first-order chi connectivity index (χ1) is 14.1. The van der Waals surface area contributed by atoms with Gasteiger partial charge in [0.1, 0.15) is 5.75 Å². The summed E-state index contributed by atoms with van der Waals surface area (Å²) in [7, 11) is 0. The standard InChI is InChI=1S/C23H21N3O3/c1-15-2-11-20(12-3-15)29-21-13-10-19(14-24-21)26-23(28)17-6-8-18(9-7-17)25-22(27)16-4-5-16/h2-3,6-14,16H,4-5H2,1H3,(H,25,27)(H,26,28). The summed E-state index contributed by atoms with van der Waals surface area (Å²) in [6, 6.07) is 17.9. The van der Waals surface area contributed by atoms with Crippen LogP contribution in [-0.4, -0.2) is 16.8 Å². The number of nitrogens with one attached hydrogen (secondary N) is 2. The van der Waals surface area contributed by atoms with Gasteiger partial charge >= 0.3 is 0 Å². The smallest absolute Gasteiger partial charge is 0.255 e. The molecule has 1 saturated carbocycles. The largest absolute Gasteiger partial charge is 0.439 e. The third kappa shape index (κ3) is 4.99. The Morgan fingerprint density at radius 2 is 1.59 bits per heavy atom. The van der Waals surface area contributed by atoms with Crippen LogP contribution in [0, 0.1) is 12.8 Å². The van der Waals surface area contributed by atoms with Gasteiger partial charge in [-0.15, -0.1) is 0 Å². The third-order valence-corrected chi connectivity index (χ3v) is 4.60. The van der Waals surface area contributed by atoms with E-state index in [2.05, 4.69) is 15.6 Å². The molecule has 1 fully saturated rings. The molecule has 1 heterocycles. The molecule has 4 rings (SSSR count). The zero-order valence-electron chi connectivity index (χ0n) is 16.0. The van der Waals surface area contributed by atoms with Gasteiger partial charge < -0.3 is 15.4 Å². The fourth-order valence-corrected chi connectivity index (χ4v) is 2.74. The Kier molecular flexibility index (Phi) is 5.24. The molecule has 146 valence electrons. The number of aromatic nitrogens is 1. The number of aryl methyl sites for hydroxylation is 1. The van der Waals surface area contributed by atoms with Gasteiger partial charge in [-0.3, -0.25) is 9.59 Å². The van der Waals surface area contributed by atoms with E-state index in [0.717, 1.165) is 18.4 Å². The van der Waals surface area contributed by atoms with Crippen molar-refractivity contribution in [1.29, 1.82) is 0 Å². The monoisotopic (exact) mass is 387 g/mol. The van der Waals surface area contributed by atoms with E-state index in [4.69, 9.17) is 4.74 Å². The van der Waals surface area contributed by atoms with Crippen molar-refractivity contribution in [1.82, 2.24) is 4.98 Å². The molecule has 1 aliphatic rings. The molecule has 0 radical (unpaired) electrons. The molecular formula is C23H21N3O3. The van der Waals surface area contributed by atoms with Gasteiger partial charge in [0.05, 0.1) is 11.9 Å². The fourth-order valence-electron chi connectivity index (χ4n) is 2.74. The minimum Gasteiger partial charge on any atom is -0.439 e. The average molecular weight is 387 g/mol. The molecule has 0 bridgehead atoms. The number of benzene rings is 2. The minimum absolute atomic E-state index is 0.0428. The summed E-state index contributed by atoms with van der Waals surface area (Å²) >= 11 is 0. The number of ether oxygens (including phenoxy) is 1. The van der Waals surface area contributed by atoms with E-state index in [1.807, 2.05) is 31.2 Å². The Hall–Kier alpha value is -3.67. The lowest BCUT2D eigenvalue weighted by Crippen LogP contribution is -2.14. The Bertz CT molecular complexity index is 1010. The lowest BCUT2D eigenvalue weighted by molar-refractivity contribution is -0.117. The van der Waals surface area contributed by atoms with E-state index in [9.17, 15) is 9.59 Å². The SMILES string of the molecule is Cc1ccc(Oc2ccc(NC(=O)c3ccc(NC(=O)C4CC4)cc3)cn2)cc1. The van der Waals surface area contributed by atoms with E-state index < -0.39 is 0 Å². The third-order valence-electron chi connectivity index (χ3n) is 4.60. The summed E-state index contributed by atoms with van der Waals surface area (Å²) in [6.07, 6.45) is 3.45. The molecule has 0 unspecified atom stereocenters. The van der Waals surface area contributed by atoms with Gasteiger partial charge in [-0.05, 0) is 62.2 Å². The van der Waals surface area contributed by atoms with Crippen molar-refractivity contribution in [2.75, 3.05) is 10.6 Å². The Balaban J connectivity index is 1.34. The van der Waals surface area contributed by atoms with Crippen LogP contribution in [0.1, 0.15) is 28.8 Å². The van der Waals surface area contributed by atoms with E-state index >= 15 is 0 Å². The molecule has 3 aromatic rings. The van der Waals surface area contributed by atoms with Gasteiger partial charge in [-0.25, -0.2) is 4.98 Å². The van der Waals surface area contributed by atoms with E-state index in [1.165, 1.54) is 0 Å². The second-order valence-corrected chi connectivity index (χ2v) is 7.10. The van der Waals surface area contributed by atoms with Crippen LogP contribution in [0.15, 0.2) is 66.9 Å². The summed E-state index contributed by atoms with van der Waals surface area (Å²) in [4.78, 5) is 28.4. The summed E-state index contributed by atoms with van der Waals surface area (Å²) < 4.78 is 5.69. The predicted octanol–water partition coefficient (Wildman–Crippen LogP) is 4.78. The molecule has 29 heavy (non-hydrogen) atoms. The van der Waals surface area contributed by atoms with Crippen molar-refractivity contribution in [2.45, 2.75) is 19.8 Å². The summed E-state index contributed by atoms with van der Waals surface area (Å²) in [5.41, 5.74) is 2.91. The number of carbonyl (C=O) groups is 2. The molecule has 2 amide bonds. The number of amides is 2. The van der Waals surface area contributed by atoms with Crippen LogP contribution in [-0.2, 0) is 4.79 Å². The van der Waals surface area contributed by atoms with Crippen LogP contribution in [0.3, 0.4) is 0 Å². The average Bonchev–Trinajstić information content (AvgIpc) is 3.57. The maximum absolute atomic E-state index is 12.4. The van der Waals surface area contributed by atoms with Crippen LogP contribution >= 0.6 is 0 Å². The highest BCUT2D eigenvalue weighted by atomic mass is 16.5. The lowest BCUT2D eigenvalue weighted by atomic mass is 10.2. The molecule has 1 aliphatic carbocycles. The second-order valence-electron chi connectivity index (χ2n) is 7.10. The number of nitrogens with zero attached hydrogens (tertiary/aromatic N) is 1. The molecule has 2 aromatic carbocycles. The number of carbonyl (C=O) groups excluding carboxylic acids is 2. The van der Waals surface area contributed by atoms with Gasteiger partial charge in [-0.2, -0.15) is 0 Å². The zero-order valence-corrected chi connectivity index (χ0v) is 16.0. The molecule has 6 nitrogen and oxygen atoms in total. The first-order valence-corrected chi connectivity index (χ1v) is 9.50. The molecule has 1 aromatic heterocycles. The van der Waals surface area contributed by atoms with Gasteiger partial charge in [0.15, 0.2) is 0 Å². The fraction of sp³-hybridized carbons (Fsp3) is 0.174. The van der Waals surface area contributed by atoms with Gasteiger partial charge in [0.25, 0.3) is 5.91 Å². The number of hydrogen-bond donors (Lipinski definition) is 2. The molecule has 2 N–H and O–H groups in total. The van der Waals surface area contributed by atoms with E-state index in [1.54, 1.807) is 42.6 Å². The van der Waals surface area contributed by atoms with Crippen molar-refractivity contribution >= 4 is 23.2 Å². The highest BCUT2D eigenvalue weighted by molar-refractivity contribution is 6.04. The van der Waals surface area contributed by atoms with E-state index in [-0.39, 0.29) is 17.7 Å². The second kappa shape index (κ2) is 8.14. The van der Waals surface area contributed by atoms with Gasteiger partial charge in [-0.1, -0.05) is 17.7 Å². The summed E-state index contributed by atoms with van der Waals surface area (Å²) in [5.74, 6) is 1.08. The number of anilines is 2. The highest BCUT2D eigenvalue weighted by Crippen LogP contribution is 2.30. The molecule has 0 spiro atoms. The normalized spacial score (nSPS) is 12.9. The van der Waals surface area contributed by atoms with Crippen LogP contribution in [0.2, 0.25) is 0 Å². The molecular weight excluding hydrogens is 366 g/mol. The Labute approximate surface area is 168 Å². The maximum atomic E-state index is 12.4. The van der Waals surface area contributed by atoms with Crippen LogP contribution in [0.25, 0.3) is 0 Å². The number of rotatable bonds is 6. The highest BCUT2D eigenvalue weighted by Gasteiger charge is 2.29.